The fraction of sp³-hybridized carbons (Fsp3) is 0.100. The van der Waals surface area contributed by atoms with Gasteiger partial charge in [0.05, 0.1) is 32.9 Å². The van der Waals surface area contributed by atoms with E-state index in [2.05, 4.69) is 21.1 Å². The number of halogens is 2. The molecule has 31 heavy (non-hydrogen) atoms. The Morgan fingerprint density at radius 1 is 0.935 bits per heavy atom. The number of thioether (sulfide) groups is 2. The lowest BCUT2D eigenvalue weighted by atomic mass is 10.3. The number of hydrogen-bond acceptors (Lipinski definition) is 7. The molecule has 0 fully saturated rings. The van der Waals surface area contributed by atoms with Gasteiger partial charge in [0.25, 0.3) is 0 Å². The summed E-state index contributed by atoms with van der Waals surface area (Å²) in [6, 6.07) is 16.0. The lowest BCUT2D eigenvalue weighted by Gasteiger charge is -2.06. The number of para-hydroxylation sites is 2. The number of carbonyl (C=O) groups is 2. The van der Waals surface area contributed by atoms with Crippen LogP contribution < -0.4 is 10.6 Å². The SMILES string of the molecule is N#Cc1c(SCC(=O)Nc2ccccc2Cl)nsc1SCC(=O)Nc1ccccc1Cl. The van der Waals surface area contributed by atoms with E-state index in [-0.39, 0.29) is 23.3 Å². The van der Waals surface area contributed by atoms with Gasteiger partial charge in [0.15, 0.2) is 0 Å². The predicted molar refractivity (Wildman–Crippen MR) is 128 cm³/mol. The number of hydrogen-bond donors (Lipinski definition) is 2. The van der Waals surface area contributed by atoms with Gasteiger partial charge in [-0.1, -0.05) is 59.2 Å². The van der Waals surface area contributed by atoms with E-state index < -0.39 is 0 Å². The van der Waals surface area contributed by atoms with Crippen molar-refractivity contribution in [1.82, 2.24) is 4.37 Å². The molecular weight excluding hydrogens is 495 g/mol. The molecule has 0 aliphatic heterocycles. The maximum atomic E-state index is 12.2. The molecule has 0 spiro atoms. The molecule has 0 aliphatic rings. The molecular formula is C20H14Cl2N4O2S3. The molecule has 0 bridgehead atoms. The molecule has 1 heterocycles. The van der Waals surface area contributed by atoms with Crippen LogP contribution in [0.15, 0.2) is 57.8 Å². The fourth-order valence-electron chi connectivity index (χ4n) is 2.31. The summed E-state index contributed by atoms with van der Waals surface area (Å²) >= 11 is 15.6. The van der Waals surface area contributed by atoms with Crippen molar-refractivity contribution in [2.75, 3.05) is 22.1 Å². The Labute approximate surface area is 201 Å². The Morgan fingerprint density at radius 2 is 1.45 bits per heavy atom. The highest BCUT2D eigenvalue weighted by Crippen LogP contribution is 2.34. The van der Waals surface area contributed by atoms with Crippen molar-refractivity contribution in [2.45, 2.75) is 9.24 Å². The third-order valence-electron chi connectivity index (χ3n) is 3.71. The highest BCUT2D eigenvalue weighted by atomic mass is 35.5. The first kappa shape index (κ1) is 23.4. The summed E-state index contributed by atoms with van der Waals surface area (Å²) in [6.07, 6.45) is 0. The average molecular weight is 509 g/mol. The molecule has 0 atom stereocenters. The van der Waals surface area contributed by atoms with Crippen LogP contribution >= 0.6 is 58.3 Å². The number of benzene rings is 2. The van der Waals surface area contributed by atoms with Gasteiger partial charge in [0, 0.05) is 0 Å². The molecule has 0 aliphatic carbocycles. The van der Waals surface area contributed by atoms with E-state index in [9.17, 15) is 14.9 Å². The zero-order valence-electron chi connectivity index (χ0n) is 15.7. The highest BCUT2D eigenvalue weighted by Gasteiger charge is 2.17. The van der Waals surface area contributed by atoms with Crippen molar-refractivity contribution in [3.05, 3.63) is 64.1 Å². The Bertz CT molecular complexity index is 1070. The molecule has 2 amide bonds. The molecule has 2 aromatic carbocycles. The average Bonchev–Trinajstić information content (AvgIpc) is 3.16. The minimum atomic E-state index is -0.261. The van der Waals surface area contributed by atoms with Gasteiger partial charge >= 0.3 is 0 Å². The van der Waals surface area contributed by atoms with Gasteiger partial charge in [-0.15, -0.1) is 11.8 Å². The van der Waals surface area contributed by atoms with Crippen molar-refractivity contribution < 1.29 is 9.59 Å². The number of nitrogens with zero attached hydrogens (tertiary/aromatic N) is 2. The summed E-state index contributed by atoms with van der Waals surface area (Å²) in [5.41, 5.74) is 1.41. The van der Waals surface area contributed by atoms with Gasteiger partial charge in [-0.05, 0) is 35.8 Å². The predicted octanol–water partition coefficient (Wildman–Crippen LogP) is 5.78. The Hall–Kier alpha value is -2.22. The van der Waals surface area contributed by atoms with Crippen LogP contribution in [0.3, 0.4) is 0 Å². The van der Waals surface area contributed by atoms with Crippen molar-refractivity contribution in [1.29, 1.82) is 5.26 Å². The van der Waals surface area contributed by atoms with E-state index in [1.807, 2.05) is 0 Å². The first-order valence-corrected chi connectivity index (χ1v) is 12.2. The number of carbonyl (C=O) groups excluding carboxylic acids is 2. The largest absolute Gasteiger partial charge is 0.324 e. The van der Waals surface area contributed by atoms with Crippen molar-refractivity contribution in [3.63, 3.8) is 0 Å². The topological polar surface area (TPSA) is 94.9 Å². The van der Waals surface area contributed by atoms with Gasteiger partial charge in [0.2, 0.25) is 11.8 Å². The minimum Gasteiger partial charge on any atom is -0.324 e. The molecule has 3 rings (SSSR count). The molecule has 0 saturated heterocycles. The molecule has 11 heteroatoms. The molecule has 0 saturated carbocycles. The summed E-state index contributed by atoms with van der Waals surface area (Å²) in [7, 11) is 0. The number of amides is 2. The second-order valence-electron chi connectivity index (χ2n) is 5.90. The number of rotatable bonds is 8. The summed E-state index contributed by atoms with van der Waals surface area (Å²) in [5, 5.41) is 16.3. The van der Waals surface area contributed by atoms with Gasteiger partial charge < -0.3 is 10.6 Å². The Morgan fingerprint density at radius 3 is 1.97 bits per heavy atom. The number of nitrogens with one attached hydrogen (secondary N) is 2. The third kappa shape index (κ3) is 6.63. The van der Waals surface area contributed by atoms with Crippen LogP contribution in [0.1, 0.15) is 5.56 Å². The van der Waals surface area contributed by atoms with Crippen LogP contribution in [0.5, 0.6) is 0 Å². The van der Waals surface area contributed by atoms with Crippen LogP contribution in [-0.4, -0.2) is 27.7 Å². The number of anilines is 2. The number of nitriles is 1. The second kappa shape index (κ2) is 11.4. The lowest BCUT2D eigenvalue weighted by Crippen LogP contribution is -2.14. The summed E-state index contributed by atoms with van der Waals surface area (Å²) in [5.74, 6) is -0.341. The van der Waals surface area contributed by atoms with E-state index in [4.69, 9.17) is 23.2 Å². The van der Waals surface area contributed by atoms with Crippen molar-refractivity contribution in [2.24, 2.45) is 0 Å². The molecule has 1 aromatic heterocycles. The van der Waals surface area contributed by atoms with Crippen LogP contribution in [-0.2, 0) is 9.59 Å². The zero-order chi connectivity index (χ0) is 22.2. The molecule has 0 unspecified atom stereocenters. The first-order valence-electron chi connectivity index (χ1n) is 8.72. The lowest BCUT2D eigenvalue weighted by molar-refractivity contribution is -0.114. The van der Waals surface area contributed by atoms with E-state index in [0.717, 1.165) is 23.3 Å². The summed E-state index contributed by atoms with van der Waals surface area (Å²) < 4.78 is 4.88. The maximum absolute atomic E-state index is 12.2. The Balaban J connectivity index is 1.55. The van der Waals surface area contributed by atoms with Crippen LogP contribution in [0, 0.1) is 11.3 Å². The van der Waals surface area contributed by atoms with Crippen LogP contribution in [0.2, 0.25) is 10.0 Å². The quantitative estimate of drug-likeness (QED) is 0.374. The summed E-state index contributed by atoms with van der Waals surface area (Å²) in [4.78, 5) is 24.4. The molecule has 0 radical (unpaired) electrons. The zero-order valence-corrected chi connectivity index (χ0v) is 19.7. The molecule has 3 aromatic rings. The van der Waals surface area contributed by atoms with E-state index in [0.29, 0.717) is 36.2 Å². The van der Waals surface area contributed by atoms with Crippen molar-refractivity contribution in [3.8, 4) is 6.07 Å². The number of aromatic nitrogens is 1. The highest BCUT2D eigenvalue weighted by molar-refractivity contribution is 8.02. The van der Waals surface area contributed by atoms with Crippen LogP contribution in [0.4, 0.5) is 11.4 Å². The first-order chi connectivity index (χ1) is 15.0. The smallest absolute Gasteiger partial charge is 0.234 e. The van der Waals surface area contributed by atoms with Gasteiger partial charge in [-0.3, -0.25) is 9.59 Å². The van der Waals surface area contributed by atoms with Gasteiger partial charge in [-0.25, -0.2) is 0 Å². The molecule has 158 valence electrons. The third-order valence-corrected chi connectivity index (χ3v) is 7.56. The van der Waals surface area contributed by atoms with Crippen molar-refractivity contribution >= 4 is 81.4 Å². The van der Waals surface area contributed by atoms with Gasteiger partial charge in [-0.2, -0.15) is 9.64 Å². The normalized spacial score (nSPS) is 10.4. The standard InChI is InChI=1S/C20H14Cl2N4O2S3/c21-13-5-1-3-7-15(13)24-17(27)10-29-19-12(9-23)20(31-26-19)30-11-18(28)25-16-8-4-2-6-14(16)22/h1-8H,10-11H2,(H,24,27)(H,25,28). The fourth-order valence-corrected chi connectivity index (χ4v) is 5.38. The van der Waals surface area contributed by atoms with E-state index >= 15 is 0 Å². The Kier molecular flexibility index (Phi) is 8.63. The molecule has 6 nitrogen and oxygen atoms in total. The second-order valence-corrected chi connectivity index (χ2v) is 9.69. The van der Waals surface area contributed by atoms with Crippen LogP contribution in [0.25, 0.3) is 0 Å². The maximum Gasteiger partial charge on any atom is 0.234 e. The summed E-state index contributed by atoms with van der Waals surface area (Å²) in [6.45, 7) is 0. The van der Waals surface area contributed by atoms with E-state index in [1.165, 1.54) is 11.8 Å². The molecule has 2 N–H and O–H groups in total. The van der Waals surface area contributed by atoms with E-state index in [1.54, 1.807) is 48.5 Å². The minimum absolute atomic E-state index is 0.0702. The monoisotopic (exact) mass is 508 g/mol. The van der Waals surface area contributed by atoms with Gasteiger partial charge in [0.1, 0.15) is 20.9 Å².